The summed E-state index contributed by atoms with van der Waals surface area (Å²) in [5.41, 5.74) is 0.553. The summed E-state index contributed by atoms with van der Waals surface area (Å²) in [6.07, 6.45) is 2.38. The molecule has 1 heterocycles. The largest absolute Gasteiger partial charge is 0.312 e. The van der Waals surface area contributed by atoms with Crippen LogP contribution < -0.4 is 5.32 Å². The molecule has 0 aromatic carbocycles. The van der Waals surface area contributed by atoms with Crippen molar-refractivity contribution in [3.63, 3.8) is 0 Å². The molecule has 0 saturated heterocycles. The lowest BCUT2D eigenvalue weighted by Crippen LogP contribution is -2.42. The molecule has 0 aliphatic carbocycles. The van der Waals surface area contributed by atoms with E-state index in [0.29, 0.717) is 5.41 Å². The van der Waals surface area contributed by atoms with Gasteiger partial charge in [-0.2, -0.15) is 0 Å². The number of hydrogen-bond acceptors (Lipinski definition) is 2. The van der Waals surface area contributed by atoms with Crippen LogP contribution in [-0.2, 0) is 6.42 Å². The number of halogens is 1. The first-order valence-corrected chi connectivity index (χ1v) is 7.84. The first-order chi connectivity index (χ1) is 7.70. The molecule has 17 heavy (non-hydrogen) atoms. The summed E-state index contributed by atoms with van der Waals surface area (Å²) in [6, 6.07) is 2.14. The summed E-state index contributed by atoms with van der Waals surface area (Å²) >= 11 is 5.45. The van der Waals surface area contributed by atoms with Crippen LogP contribution in [0.3, 0.4) is 0 Å². The Labute approximate surface area is 118 Å². The van der Waals surface area contributed by atoms with Gasteiger partial charge < -0.3 is 5.32 Å². The summed E-state index contributed by atoms with van der Waals surface area (Å²) in [5.74, 6) is 0. The van der Waals surface area contributed by atoms with Crippen molar-refractivity contribution in [2.75, 3.05) is 6.54 Å². The fourth-order valence-corrected chi connectivity index (χ4v) is 3.10. The summed E-state index contributed by atoms with van der Waals surface area (Å²) in [5, 5.41) is 5.75. The highest BCUT2D eigenvalue weighted by Gasteiger charge is 2.21. The standard InChI is InChI=1S/C14H24BrNS/c1-13(2,3)16-10-14(4,5)8-6-12-11(15)7-9-17-12/h7,9,16H,6,8,10H2,1-5H3. The zero-order valence-corrected chi connectivity index (χ0v) is 14.0. The number of hydrogen-bond donors (Lipinski definition) is 1. The van der Waals surface area contributed by atoms with Crippen LogP contribution in [-0.4, -0.2) is 12.1 Å². The Morgan fingerprint density at radius 1 is 1.24 bits per heavy atom. The first kappa shape index (κ1) is 15.2. The molecule has 0 spiro atoms. The molecule has 0 fully saturated rings. The summed E-state index contributed by atoms with van der Waals surface area (Å²) < 4.78 is 1.27. The zero-order chi connectivity index (χ0) is 13.1. The van der Waals surface area contributed by atoms with E-state index in [1.165, 1.54) is 15.8 Å². The molecule has 1 N–H and O–H groups in total. The van der Waals surface area contributed by atoms with E-state index in [0.717, 1.165) is 13.0 Å². The fraction of sp³-hybridized carbons (Fsp3) is 0.714. The van der Waals surface area contributed by atoms with Crippen molar-refractivity contribution in [2.24, 2.45) is 5.41 Å². The molecule has 0 aliphatic heterocycles. The third-order valence-electron chi connectivity index (χ3n) is 2.82. The number of aryl methyl sites for hydroxylation is 1. The first-order valence-electron chi connectivity index (χ1n) is 6.17. The van der Waals surface area contributed by atoms with Crippen LogP contribution in [0.15, 0.2) is 15.9 Å². The molecule has 1 aromatic rings. The maximum atomic E-state index is 3.60. The fourth-order valence-electron chi connectivity index (χ4n) is 1.55. The van der Waals surface area contributed by atoms with Gasteiger partial charge in [-0.3, -0.25) is 0 Å². The number of nitrogens with one attached hydrogen (secondary N) is 1. The van der Waals surface area contributed by atoms with Crippen molar-refractivity contribution in [1.82, 2.24) is 5.32 Å². The number of thiophene rings is 1. The van der Waals surface area contributed by atoms with Crippen LogP contribution in [0.2, 0.25) is 0 Å². The minimum Gasteiger partial charge on any atom is -0.312 e. The van der Waals surface area contributed by atoms with E-state index in [-0.39, 0.29) is 5.54 Å². The predicted octanol–water partition coefficient (Wildman–Crippen LogP) is 4.86. The maximum absolute atomic E-state index is 3.60. The van der Waals surface area contributed by atoms with Gasteiger partial charge in [-0.25, -0.2) is 0 Å². The highest BCUT2D eigenvalue weighted by molar-refractivity contribution is 9.10. The quantitative estimate of drug-likeness (QED) is 0.818. The van der Waals surface area contributed by atoms with Crippen LogP contribution in [0.25, 0.3) is 0 Å². The Morgan fingerprint density at radius 3 is 2.35 bits per heavy atom. The lowest BCUT2D eigenvalue weighted by atomic mass is 9.86. The smallest absolute Gasteiger partial charge is 0.0314 e. The molecule has 0 unspecified atom stereocenters. The van der Waals surface area contributed by atoms with Crippen molar-refractivity contribution in [3.8, 4) is 0 Å². The molecule has 0 amide bonds. The lowest BCUT2D eigenvalue weighted by molar-refractivity contribution is 0.274. The zero-order valence-electron chi connectivity index (χ0n) is 11.6. The van der Waals surface area contributed by atoms with Gasteiger partial charge in [0.25, 0.3) is 0 Å². The maximum Gasteiger partial charge on any atom is 0.0314 e. The second kappa shape index (κ2) is 5.85. The topological polar surface area (TPSA) is 12.0 Å². The minimum atomic E-state index is 0.209. The van der Waals surface area contributed by atoms with E-state index in [2.05, 4.69) is 67.3 Å². The van der Waals surface area contributed by atoms with Crippen LogP contribution in [0, 0.1) is 5.41 Å². The van der Waals surface area contributed by atoms with Gasteiger partial charge in [-0.15, -0.1) is 11.3 Å². The SMILES string of the molecule is CC(C)(CCc1sccc1Br)CNC(C)(C)C. The van der Waals surface area contributed by atoms with Gasteiger partial charge in [0.15, 0.2) is 0 Å². The Balaban J connectivity index is 2.42. The van der Waals surface area contributed by atoms with E-state index in [4.69, 9.17) is 0 Å². The molecule has 3 heteroatoms. The molecule has 98 valence electrons. The Bertz CT molecular complexity index is 349. The third kappa shape index (κ3) is 6.03. The molecular weight excluding hydrogens is 294 g/mol. The van der Waals surface area contributed by atoms with E-state index < -0.39 is 0 Å². The second-order valence-electron chi connectivity index (χ2n) is 6.46. The van der Waals surface area contributed by atoms with Crippen molar-refractivity contribution in [3.05, 3.63) is 20.8 Å². The average Bonchev–Trinajstić information content (AvgIpc) is 2.58. The van der Waals surface area contributed by atoms with Crippen LogP contribution in [0.4, 0.5) is 0 Å². The molecule has 1 nitrogen and oxygen atoms in total. The van der Waals surface area contributed by atoms with Gasteiger partial charge in [0.1, 0.15) is 0 Å². The highest BCUT2D eigenvalue weighted by Crippen LogP contribution is 2.29. The van der Waals surface area contributed by atoms with E-state index in [1.807, 2.05) is 11.3 Å². The van der Waals surface area contributed by atoms with E-state index >= 15 is 0 Å². The van der Waals surface area contributed by atoms with Gasteiger partial charge in [0.05, 0.1) is 0 Å². The lowest BCUT2D eigenvalue weighted by Gasteiger charge is -2.30. The molecule has 0 radical (unpaired) electrons. The van der Waals surface area contributed by atoms with Crippen molar-refractivity contribution in [1.29, 1.82) is 0 Å². The minimum absolute atomic E-state index is 0.209. The molecule has 1 rings (SSSR count). The van der Waals surface area contributed by atoms with E-state index in [9.17, 15) is 0 Å². The van der Waals surface area contributed by atoms with Gasteiger partial charge in [-0.05, 0) is 66.4 Å². The summed E-state index contributed by atoms with van der Waals surface area (Å²) in [4.78, 5) is 1.47. The normalized spacial score (nSPS) is 13.1. The van der Waals surface area contributed by atoms with Gasteiger partial charge in [0.2, 0.25) is 0 Å². The number of rotatable bonds is 5. The predicted molar refractivity (Wildman–Crippen MR) is 81.9 cm³/mol. The average molecular weight is 318 g/mol. The van der Waals surface area contributed by atoms with Crippen LogP contribution in [0.1, 0.15) is 45.9 Å². The Hall–Kier alpha value is 0.140. The summed E-state index contributed by atoms with van der Waals surface area (Å²) in [7, 11) is 0. The van der Waals surface area contributed by atoms with Gasteiger partial charge >= 0.3 is 0 Å². The molecule has 1 aromatic heterocycles. The summed E-state index contributed by atoms with van der Waals surface area (Å²) in [6.45, 7) is 12.4. The highest BCUT2D eigenvalue weighted by atomic mass is 79.9. The molecule has 0 saturated carbocycles. The monoisotopic (exact) mass is 317 g/mol. The van der Waals surface area contributed by atoms with Crippen molar-refractivity contribution in [2.45, 2.75) is 53.0 Å². The second-order valence-corrected chi connectivity index (χ2v) is 8.31. The molecular formula is C14H24BrNS. The van der Waals surface area contributed by atoms with Gasteiger partial charge in [0, 0.05) is 21.4 Å². The third-order valence-corrected chi connectivity index (χ3v) is 4.80. The molecule has 0 aliphatic rings. The molecule has 0 atom stereocenters. The van der Waals surface area contributed by atoms with Crippen LogP contribution >= 0.6 is 27.3 Å². The Kier molecular flexibility index (Phi) is 5.23. The Morgan fingerprint density at radius 2 is 1.88 bits per heavy atom. The van der Waals surface area contributed by atoms with Crippen molar-refractivity contribution >= 4 is 27.3 Å². The van der Waals surface area contributed by atoms with E-state index in [1.54, 1.807) is 0 Å². The molecule has 0 bridgehead atoms. The van der Waals surface area contributed by atoms with Crippen LogP contribution in [0.5, 0.6) is 0 Å². The van der Waals surface area contributed by atoms with Crippen molar-refractivity contribution < 1.29 is 0 Å². The van der Waals surface area contributed by atoms with Gasteiger partial charge in [-0.1, -0.05) is 13.8 Å².